The molecule has 0 amide bonds. The maximum Gasteiger partial charge on any atom is 0.0584 e. The minimum Gasteiger partial charge on any atom is -0.248 e. The molecular formula is C8H14N2S2. The highest BCUT2D eigenvalue weighted by Crippen LogP contribution is 1.97. The Bertz CT molecular complexity index is 156. The highest BCUT2D eigenvalue weighted by Gasteiger charge is 1.82. The van der Waals surface area contributed by atoms with E-state index >= 15 is 0 Å². The first-order chi connectivity index (χ1) is 5.83. The van der Waals surface area contributed by atoms with Crippen LogP contribution in [-0.4, -0.2) is 16.9 Å². The number of aliphatic imine (C=N–C) groups is 1. The molecule has 0 atom stereocenters. The van der Waals surface area contributed by atoms with E-state index in [1.165, 1.54) is 19.3 Å². The molecule has 0 heterocycles. The largest absolute Gasteiger partial charge is 0.248 e. The maximum atomic E-state index is 5.77. The van der Waals surface area contributed by atoms with Crippen molar-refractivity contribution in [2.45, 2.75) is 32.6 Å². The standard InChI is InChI=1S/C7H13NS.CHNS/c1-2-3-4-5-6-8-7-9;2-1-3/h2-6H2,1H3;2H. The van der Waals surface area contributed by atoms with Crippen molar-refractivity contribution in [3.05, 3.63) is 0 Å². The van der Waals surface area contributed by atoms with Gasteiger partial charge in [-0.1, -0.05) is 26.2 Å². The molecule has 0 rings (SSSR count). The molecule has 2 nitrogen and oxygen atoms in total. The smallest absolute Gasteiger partial charge is 0.0584 e. The molecule has 0 radical (unpaired) electrons. The Kier molecular flexibility index (Phi) is 19.9. The molecule has 0 aliphatic rings. The summed E-state index contributed by atoms with van der Waals surface area (Å²) < 4.78 is 0. The Labute approximate surface area is 84.6 Å². The Balaban J connectivity index is 0. The van der Waals surface area contributed by atoms with Crippen LogP contribution in [0.4, 0.5) is 0 Å². The second-order valence-electron chi connectivity index (χ2n) is 2.14. The SMILES string of the molecule is CCCCCCN=C=S.N=C=S. The number of hydrogen-bond acceptors (Lipinski definition) is 4. The van der Waals surface area contributed by atoms with E-state index in [0.29, 0.717) is 0 Å². The minimum absolute atomic E-state index is 0.865. The van der Waals surface area contributed by atoms with Gasteiger partial charge in [-0.2, -0.15) is 0 Å². The summed E-state index contributed by atoms with van der Waals surface area (Å²) in [4.78, 5) is 3.81. The fourth-order valence-corrected chi connectivity index (χ4v) is 0.755. The first kappa shape index (κ1) is 14.1. The number of unbranched alkanes of at least 4 members (excludes halogenated alkanes) is 3. The van der Waals surface area contributed by atoms with Crippen LogP contribution in [0.25, 0.3) is 0 Å². The lowest BCUT2D eigenvalue weighted by molar-refractivity contribution is 0.676. The van der Waals surface area contributed by atoms with Crippen molar-refractivity contribution in [1.82, 2.24) is 0 Å². The van der Waals surface area contributed by atoms with E-state index < -0.39 is 0 Å². The zero-order valence-electron chi connectivity index (χ0n) is 7.30. The molecule has 0 aliphatic heterocycles. The summed E-state index contributed by atoms with van der Waals surface area (Å²) in [5, 5.41) is 9.71. The molecule has 0 saturated heterocycles. The molecule has 0 saturated carbocycles. The van der Waals surface area contributed by atoms with E-state index in [1.807, 2.05) is 0 Å². The van der Waals surface area contributed by atoms with Gasteiger partial charge in [-0.3, -0.25) is 0 Å². The highest BCUT2D eigenvalue weighted by atomic mass is 32.1. The number of thiocarbonyl (C=S) groups is 2. The van der Waals surface area contributed by atoms with Gasteiger partial charge in [-0.15, -0.1) is 0 Å². The molecule has 1 N–H and O–H groups in total. The average Bonchev–Trinajstić information content (AvgIpc) is 2.06. The van der Waals surface area contributed by atoms with Crippen LogP contribution in [-0.2, 0) is 0 Å². The third-order valence-electron chi connectivity index (χ3n) is 1.19. The van der Waals surface area contributed by atoms with Crippen LogP contribution in [0.3, 0.4) is 0 Å². The summed E-state index contributed by atoms with van der Waals surface area (Å²) in [6.07, 6.45) is 5.03. The van der Waals surface area contributed by atoms with Crippen LogP contribution in [0, 0.1) is 5.41 Å². The van der Waals surface area contributed by atoms with Gasteiger partial charge in [-0.25, -0.2) is 10.4 Å². The fraction of sp³-hybridized carbons (Fsp3) is 0.750. The Hall–Kier alpha value is -0.400. The molecule has 4 heteroatoms. The lowest BCUT2D eigenvalue weighted by Gasteiger charge is -1.91. The fourth-order valence-electron chi connectivity index (χ4n) is 0.663. The predicted octanol–water partition coefficient (Wildman–Crippen LogP) is 3.34. The summed E-state index contributed by atoms with van der Waals surface area (Å²) >= 11 is 8.22. The molecule has 0 aromatic carbocycles. The van der Waals surface area contributed by atoms with E-state index in [-0.39, 0.29) is 0 Å². The van der Waals surface area contributed by atoms with Gasteiger partial charge in [0.1, 0.15) is 0 Å². The minimum atomic E-state index is 0.865. The monoisotopic (exact) mass is 202 g/mol. The molecule has 0 bridgehead atoms. The Morgan fingerprint density at radius 1 is 1.25 bits per heavy atom. The van der Waals surface area contributed by atoms with Crippen LogP contribution in [0.15, 0.2) is 4.99 Å². The zero-order valence-corrected chi connectivity index (χ0v) is 8.93. The number of nitrogens with zero attached hydrogens (tertiary/aromatic N) is 1. The van der Waals surface area contributed by atoms with Gasteiger partial charge in [0.25, 0.3) is 0 Å². The van der Waals surface area contributed by atoms with E-state index in [4.69, 9.17) is 5.41 Å². The molecule has 0 aromatic heterocycles. The van der Waals surface area contributed by atoms with E-state index in [9.17, 15) is 0 Å². The summed E-state index contributed by atoms with van der Waals surface area (Å²) in [7, 11) is 0. The van der Waals surface area contributed by atoms with Gasteiger partial charge in [0.05, 0.1) is 10.3 Å². The number of nitrogens with one attached hydrogen (secondary N) is 1. The molecule has 0 aromatic rings. The van der Waals surface area contributed by atoms with Crippen molar-refractivity contribution in [2.24, 2.45) is 4.99 Å². The quantitative estimate of drug-likeness (QED) is 0.422. The van der Waals surface area contributed by atoms with Gasteiger partial charge < -0.3 is 0 Å². The third-order valence-corrected chi connectivity index (χ3v) is 1.32. The van der Waals surface area contributed by atoms with Crippen molar-refractivity contribution in [3.8, 4) is 0 Å². The maximum absolute atomic E-state index is 5.77. The van der Waals surface area contributed by atoms with Crippen LogP contribution in [0.1, 0.15) is 32.6 Å². The van der Waals surface area contributed by atoms with Gasteiger partial charge in [0.15, 0.2) is 0 Å². The van der Waals surface area contributed by atoms with E-state index in [0.717, 1.165) is 13.0 Å². The molecule has 0 spiro atoms. The summed E-state index contributed by atoms with van der Waals surface area (Å²) in [5.41, 5.74) is 0. The second-order valence-corrected chi connectivity index (χ2v) is 2.52. The normalized spacial score (nSPS) is 7.08. The number of hydrogen-bond donors (Lipinski definition) is 1. The molecule has 68 valence electrons. The summed E-state index contributed by atoms with van der Waals surface area (Å²) in [5.74, 6) is 0. The van der Waals surface area contributed by atoms with E-state index in [2.05, 4.69) is 41.5 Å². The van der Waals surface area contributed by atoms with Crippen molar-refractivity contribution in [1.29, 1.82) is 5.41 Å². The first-order valence-corrected chi connectivity index (χ1v) is 4.72. The van der Waals surface area contributed by atoms with Crippen LogP contribution >= 0.6 is 24.4 Å². The van der Waals surface area contributed by atoms with Crippen molar-refractivity contribution in [2.75, 3.05) is 6.54 Å². The number of isothiocyanates is 2. The van der Waals surface area contributed by atoms with Gasteiger partial charge in [0.2, 0.25) is 0 Å². The topological polar surface area (TPSA) is 36.2 Å². The van der Waals surface area contributed by atoms with Gasteiger partial charge in [-0.05, 0) is 30.9 Å². The highest BCUT2D eigenvalue weighted by molar-refractivity contribution is 7.78. The molecule has 0 fully saturated rings. The van der Waals surface area contributed by atoms with Gasteiger partial charge >= 0.3 is 0 Å². The van der Waals surface area contributed by atoms with Gasteiger partial charge in [0, 0.05) is 6.54 Å². The Morgan fingerprint density at radius 2 is 1.83 bits per heavy atom. The van der Waals surface area contributed by atoms with Crippen LogP contribution in [0.2, 0.25) is 0 Å². The molecule has 0 unspecified atom stereocenters. The lowest BCUT2D eigenvalue weighted by Crippen LogP contribution is -1.79. The lowest BCUT2D eigenvalue weighted by atomic mass is 10.2. The third kappa shape index (κ3) is 22.6. The van der Waals surface area contributed by atoms with Crippen molar-refractivity contribution >= 4 is 34.8 Å². The van der Waals surface area contributed by atoms with Crippen molar-refractivity contribution in [3.63, 3.8) is 0 Å². The summed E-state index contributed by atoms with van der Waals surface area (Å²) in [6, 6.07) is 0. The Morgan fingerprint density at radius 3 is 2.25 bits per heavy atom. The molecule has 0 aliphatic carbocycles. The van der Waals surface area contributed by atoms with Crippen molar-refractivity contribution < 1.29 is 0 Å². The number of rotatable bonds is 5. The van der Waals surface area contributed by atoms with Crippen LogP contribution in [0.5, 0.6) is 0 Å². The van der Waals surface area contributed by atoms with Crippen LogP contribution < -0.4 is 0 Å². The summed E-state index contributed by atoms with van der Waals surface area (Å²) in [6.45, 7) is 3.06. The zero-order chi connectivity index (χ0) is 9.66. The molecule has 12 heavy (non-hydrogen) atoms. The second kappa shape index (κ2) is 16.9. The average molecular weight is 202 g/mol. The van der Waals surface area contributed by atoms with E-state index in [1.54, 1.807) is 5.16 Å². The molecular weight excluding hydrogens is 188 g/mol. The first-order valence-electron chi connectivity index (χ1n) is 3.91. The predicted molar refractivity (Wildman–Crippen MR) is 59.4 cm³/mol.